The van der Waals surface area contributed by atoms with Crippen LogP contribution in [0.15, 0.2) is 30.3 Å². The zero-order valence-corrected chi connectivity index (χ0v) is 11.4. The fourth-order valence-corrected chi connectivity index (χ4v) is 2.62. The molecule has 2 rings (SSSR count). The molecule has 0 radical (unpaired) electrons. The minimum atomic E-state index is -0.239. The zero-order chi connectivity index (χ0) is 13.7. The van der Waals surface area contributed by atoms with Crippen LogP contribution in [0.25, 0.3) is 0 Å². The van der Waals surface area contributed by atoms with Crippen molar-refractivity contribution in [3.8, 4) is 0 Å². The second-order valence-corrected chi connectivity index (χ2v) is 4.98. The summed E-state index contributed by atoms with van der Waals surface area (Å²) in [4.78, 5) is 14.5. The Balaban J connectivity index is 2.08. The lowest BCUT2D eigenvalue weighted by Gasteiger charge is -2.34. The van der Waals surface area contributed by atoms with Crippen LogP contribution in [0.5, 0.6) is 0 Å². The predicted molar refractivity (Wildman–Crippen MR) is 74.8 cm³/mol. The Hall–Kier alpha value is -1.39. The molecule has 19 heavy (non-hydrogen) atoms. The highest BCUT2D eigenvalue weighted by Crippen LogP contribution is 2.21. The van der Waals surface area contributed by atoms with E-state index < -0.39 is 0 Å². The Kier molecular flexibility index (Phi) is 4.93. The first-order valence-electron chi connectivity index (χ1n) is 6.83. The molecule has 1 fully saturated rings. The van der Waals surface area contributed by atoms with Gasteiger partial charge in [-0.2, -0.15) is 0 Å². The van der Waals surface area contributed by atoms with Crippen molar-refractivity contribution in [3.63, 3.8) is 0 Å². The van der Waals surface area contributed by atoms with Crippen LogP contribution < -0.4 is 5.73 Å². The van der Waals surface area contributed by atoms with Crippen LogP contribution in [0, 0.1) is 0 Å². The first-order chi connectivity index (χ1) is 9.26. The first-order valence-corrected chi connectivity index (χ1v) is 6.83. The van der Waals surface area contributed by atoms with Gasteiger partial charge in [-0.05, 0) is 18.4 Å². The number of rotatable bonds is 4. The molecule has 1 aromatic carbocycles. The summed E-state index contributed by atoms with van der Waals surface area (Å²) in [7, 11) is 1.70. The van der Waals surface area contributed by atoms with E-state index in [1.165, 1.54) is 0 Å². The van der Waals surface area contributed by atoms with Crippen LogP contribution in [0.2, 0.25) is 0 Å². The van der Waals surface area contributed by atoms with Gasteiger partial charge in [0, 0.05) is 26.7 Å². The molecule has 1 amide bonds. The van der Waals surface area contributed by atoms with Crippen LogP contribution in [0.1, 0.15) is 24.3 Å². The minimum Gasteiger partial charge on any atom is -0.380 e. The SMILES string of the molecule is CO[C@@H]1CCCN(C(=O)[C@@H](CN)c2ccccc2)C1. The first kappa shape index (κ1) is 14.0. The fourth-order valence-electron chi connectivity index (χ4n) is 2.62. The number of carbonyl (C=O) groups excluding carboxylic acids is 1. The molecule has 1 aliphatic heterocycles. The van der Waals surface area contributed by atoms with Gasteiger partial charge >= 0.3 is 0 Å². The molecule has 1 heterocycles. The molecule has 0 bridgehead atoms. The molecule has 2 N–H and O–H groups in total. The van der Waals surface area contributed by atoms with Crippen LogP contribution in [-0.4, -0.2) is 43.7 Å². The standard InChI is InChI=1S/C15H22N2O2/c1-19-13-8-5-9-17(11-13)15(18)14(10-16)12-6-3-2-4-7-12/h2-4,6-7,13-14H,5,8-11,16H2,1H3/t13-,14+/m1/s1. The summed E-state index contributed by atoms with van der Waals surface area (Å²) in [5.74, 6) is -0.118. The van der Waals surface area contributed by atoms with Gasteiger partial charge < -0.3 is 15.4 Å². The molecule has 0 unspecified atom stereocenters. The number of amides is 1. The number of nitrogens with two attached hydrogens (primary N) is 1. The number of hydrogen-bond donors (Lipinski definition) is 1. The molecule has 2 atom stereocenters. The maximum absolute atomic E-state index is 12.6. The number of nitrogens with zero attached hydrogens (tertiary/aromatic N) is 1. The number of methoxy groups -OCH3 is 1. The van der Waals surface area contributed by atoms with Crippen LogP contribution in [-0.2, 0) is 9.53 Å². The van der Waals surface area contributed by atoms with E-state index in [0.29, 0.717) is 13.1 Å². The third kappa shape index (κ3) is 3.33. The number of piperidine rings is 1. The molecule has 4 heteroatoms. The number of likely N-dealkylation sites (tertiary alicyclic amines) is 1. The highest BCUT2D eigenvalue weighted by Gasteiger charge is 2.28. The predicted octanol–water partition coefficient (Wildman–Crippen LogP) is 1.37. The highest BCUT2D eigenvalue weighted by molar-refractivity contribution is 5.84. The van der Waals surface area contributed by atoms with E-state index in [1.54, 1.807) is 7.11 Å². The molecular weight excluding hydrogens is 240 g/mol. The van der Waals surface area contributed by atoms with Gasteiger partial charge in [-0.1, -0.05) is 30.3 Å². The number of benzene rings is 1. The van der Waals surface area contributed by atoms with Gasteiger partial charge in [0.2, 0.25) is 5.91 Å². The maximum Gasteiger partial charge on any atom is 0.231 e. The van der Waals surface area contributed by atoms with Gasteiger partial charge in [0.25, 0.3) is 0 Å². The fraction of sp³-hybridized carbons (Fsp3) is 0.533. The van der Waals surface area contributed by atoms with E-state index in [0.717, 1.165) is 24.9 Å². The molecule has 0 saturated carbocycles. The molecule has 0 aromatic heterocycles. The summed E-state index contributed by atoms with van der Waals surface area (Å²) in [5, 5.41) is 0. The Bertz CT molecular complexity index is 408. The third-order valence-electron chi connectivity index (χ3n) is 3.76. The third-order valence-corrected chi connectivity index (χ3v) is 3.76. The van der Waals surface area contributed by atoms with E-state index in [2.05, 4.69) is 0 Å². The van der Waals surface area contributed by atoms with Crippen LogP contribution >= 0.6 is 0 Å². The molecule has 1 aliphatic rings. The van der Waals surface area contributed by atoms with Crippen molar-refractivity contribution in [2.75, 3.05) is 26.7 Å². The van der Waals surface area contributed by atoms with E-state index in [1.807, 2.05) is 35.2 Å². The van der Waals surface area contributed by atoms with Crippen molar-refractivity contribution in [3.05, 3.63) is 35.9 Å². The average molecular weight is 262 g/mol. The summed E-state index contributed by atoms with van der Waals surface area (Å²) < 4.78 is 5.37. The molecule has 1 saturated heterocycles. The monoisotopic (exact) mass is 262 g/mol. The minimum absolute atomic E-state index is 0.121. The summed E-state index contributed by atoms with van der Waals surface area (Å²) >= 11 is 0. The van der Waals surface area contributed by atoms with E-state index in [-0.39, 0.29) is 17.9 Å². The van der Waals surface area contributed by atoms with Crippen molar-refractivity contribution >= 4 is 5.91 Å². The van der Waals surface area contributed by atoms with Crippen LogP contribution in [0.3, 0.4) is 0 Å². The zero-order valence-electron chi connectivity index (χ0n) is 11.4. The second kappa shape index (κ2) is 6.68. The van der Waals surface area contributed by atoms with Gasteiger partial charge in [0.15, 0.2) is 0 Å². The normalized spacial score (nSPS) is 21.2. The highest BCUT2D eigenvalue weighted by atomic mass is 16.5. The average Bonchev–Trinajstić information content (AvgIpc) is 2.49. The van der Waals surface area contributed by atoms with Crippen molar-refractivity contribution in [2.45, 2.75) is 24.9 Å². The molecular formula is C15H22N2O2. The largest absolute Gasteiger partial charge is 0.380 e. The maximum atomic E-state index is 12.6. The van der Waals surface area contributed by atoms with Crippen molar-refractivity contribution < 1.29 is 9.53 Å². The number of carbonyl (C=O) groups is 1. The smallest absolute Gasteiger partial charge is 0.231 e. The Morgan fingerprint density at radius 1 is 1.47 bits per heavy atom. The van der Waals surface area contributed by atoms with Gasteiger partial charge in [-0.3, -0.25) is 4.79 Å². The summed E-state index contributed by atoms with van der Waals surface area (Å²) in [6.07, 6.45) is 2.18. The van der Waals surface area contributed by atoms with Crippen molar-refractivity contribution in [1.29, 1.82) is 0 Å². The molecule has 0 spiro atoms. The summed E-state index contributed by atoms with van der Waals surface area (Å²) in [6.45, 7) is 1.83. The van der Waals surface area contributed by atoms with Crippen molar-refractivity contribution in [2.24, 2.45) is 5.73 Å². The van der Waals surface area contributed by atoms with Gasteiger partial charge in [0.1, 0.15) is 0 Å². The quantitative estimate of drug-likeness (QED) is 0.891. The molecule has 4 nitrogen and oxygen atoms in total. The van der Waals surface area contributed by atoms with Crippen molar-refractivity contribution in [1.82, 2.24) is 4.90 Å². The van der Waals surface area contributed by atoms with Gasteiger partial charge in [-0.15, -0.1) is 0 Å². The number of hydrogen-bond acceptors (Lipinski definition) is 3. The second-order valence-electron chi connectivity index (χ2n) is 4.98. The Morgan fingerprint density at radius 2 is 2.21 bits per heavy atom. The lowest BCUT2D eigenvalue weighted by atomic mass is 9.96. The van der Waals surface area contributed by atoms with Gasteiger partial charge in [-0.25, -0.2) is 0 Å². The Labute approximate surface area is 114 Å². The van der Waals surface area contributed by atoms with Crippen LogP contribution in [0.4, 0.5) is 0 Å². The summed E-state index contributed by atoms with van der Waals surface area (Å²) in [5.41, 5.74) is 6.80. The van der Waals surface area contributed by atoms with Gasteiger partial charge in [0.05, 0.1) is 12.0 Å². The topological polar surface area (TPSA) is 55.6 Å². The number of ether oxygens (including phenoxy) is 1. The molecule has 0 aliphatic carbocycles. The molecule has 104 valence electrons. The lowest BCUT2D eigenvalue weighted by molar-refractivity contribution is -0.136. The Morgan fingerprint density at radius 3 is 2.84 bits per heavy atom. The van der Waals surface area contributed by atoms with E-state index in [9.17, 15) is 4.79 Å². The summed E-state index contributed by atoms with van der Waals surface area (Å²) in [6, 6.07) is 9.77. The molecule has 1 aromatic rings. The van der Waals surface area contributed by atoms with E-state index in [4.69, 9.17) is 10.5 Å². The lowest BCUT2D eigenvalue weighted by Crippen LogP contribution is -2.46. The van der Waals surface area contributed by atoms with E-state index >= 15 is 0 Å².